The number of nitrogens with two attached hydrogens (primary N) is 1. The first-order chi connectivity index (χ1) is 17.3. The molecule has 5 rings (SSSR count). The zero-order chi connectivity index (χ0) is 25.6. The summed E-state index contributed by atoms with van der Waals surface area (Å²) >= 11 is 12.5. The van der Waals surface area contributed by atoms with Crippen LogP contribution in [0.2, 0.25) is 10.0 Å². The minimum Gasteiger partial charge on any atom is -0.394 e. The number of carbonyl (C=O) groups excluding carboxylic acids is 2. The lowest BCUT2D eigenvalue weighted by atomic mass is 10.0. The number of carbonyl (C=O) groups is 2. The number of nitrogens with zero attached hydrogens (tertiary/aromatic N) is 3. The lowest BCUT2D eigenvalue weighted by Gasteiger charge is -2.08. The molecule has 0 fully saturated rings. The van der Waals surface area contributed by atoms with Gasteiger partial charge in [0.1, 0.15) is 17.2 Å². The second kappa shape index (κ2) is 9.14. The van der Waals surface area contributed by atoms with E-state index in [-0.39, 0.29) is 32.2 Å². The van der Waals surface area contributed by atoms with Gasteiger partial charge in [0.15, 0.2) is 11.6 Å². The molecule has 0 aliphatic rings. The van der Waals surface area contributed by atoms with Gasteiger partial charge in [0.2, 0.25) is 0 Å². The van der Waals surface area contributed by atoms with E-state index in [4.69, 9.17) is 28.9 Å². The number of benzene rings is 2. The molecular formula is C26H14Cl2F2N4O2. The zero-order valence-corrected chi connectivity index (χ0v) is 19.7. The van der Waals surface area contributed by atoms with Gasteiger partial charge >= 0.3 is 0 Å². The van der Waals surface area contributed by atoms with E-state index in [9.17, 15) is 18.4 Å². The van der Waals surface area contributed by atoms with E-state index in [1.165, 1.54) is 24.5 Å². The molecule has 0 aliphatic carbocycles. The number of nitrogen functional groups attached to an aromatic ring is 1. The highest BCUT2D eigenvalue weighted by molar-refractivity contribution is 6.40. The van der Waals surface area contributed by atoms with Gasteiger partial charge in [-0.05, 0) is 48.0 Å². The molecule has 0 amide bonds. The molecule has 0 aliphatic heterocycles. The maximum Gasteiger partial charge on any atom is 0.266 e. The fourth-order valence-corrected chi connectivity index (χ4v) is 4.42. The van der Waals surface area contributed by atoms with E-state index in [0.717, 1.165) is 22.3 Å². The van der Waals surface area contributed by atoms with Crippen molar-refractivity contribution in [3.8, 4) is 11.1 Å². The average Bonchev–Trinajstić information content (AvgIpc) is 3.26. The van der Waals surface area contributed by atoms with Crippen molar-refractivity contribution in [1.82, 2.24) is 14.5 Å². The summed E-state index contributed by atoms with van der Waals surface area (Å²) in [4.78, 5) is 35.4. The normalized spacial score (nSPS) is 11.1. The largest absolute Gasteiger partial charge is 0.394 e. The molecule has 0 saturated carbocycles. The Kier molecular flexibility index (Phi) is 5.99. The Hall–Kier alpha value is -4.14. The molecule has 2 N–H and O–H groups in total. The predicted octanol–water partition coefficient (Wildman–Crippen LogP) is 6.19. The van der Waals surface area contributed by atoms with E-state index in [1.54, 1.807) is 36.7 Å². The van der Waals surface area contributed by atoms with Gasteiger partial charge < -0.3 is 5.73 Å². The highest BCUT2D eigenvalue weighted by Crippen LogP contribution is 2.32. The molecule has 0 atom stereocenters. The Labute approximate surface area is 212 Å². The lowest BCUT2D eigenvalue weighted by molar-refractivity contribution is 0.0964. The second-order valence-electron chi connectivity index (χ2n) is 7.80. The molecule has 10 heteroatoms. The Morgan fingerprint density at radius 3 is 2.31 bits per heavy atom. The molecule has 6 nitrogen and oxygen atoms in total. The highest BCUT2D eigenvalue weighted by Gasteiger charge is 2.26. The third kappa shape index (κ3) is 3.90. The van der Waals surface area contributed by atoms with Crippen LogP contribution in [0.15, 0.2) is 73.3 Å². The van der Waals surface area contributed by atoms with Crippen LogP contribution in [0.4, 0.5) is 14.5 Å². The first kappa shape index (κ1) is 23.6. The summed E-state index contributed by atoms with van der Waals surface area (Å²) in [5, 5.41) is 0.467. The first-order valence-corrected chi connectivity index (χ1v) is 11.2. The van der Waals surface area contributed by atoms with Gasteiger partial charge in [-0.2, -0.15) is 0 Å². The summed E-state index contributed by atoms with van der Waals surface area (Å²) in [6.45, 7) is 0. The monoisotopic (exact) mass is 522 g/mol. The smallest absolute Gasteiger partial charge is 0.266 e. The number of hydrogen-bond acceptors (Lipinski definition) is 5. The van der Waals surface area contributed by atoms with Crippen LogP contribution >= 0.6 is 23.2 Å². The number of hydrogen-bond donors (Lipinski definition) is 1. The number of anilines is 1. The predicted molar refractivity (Wildman–Crippen MR) is 133 cm³/mol. The SMILES string of the molecule is Nc1c(F)ccc(C(=O)c2cn(C(=O)c3c(Cl)cccc3Cl)c3ncc(-c4ccncc4)cc23)c1F. The van der Waals surface area contributed by atoms with Crippen LogP contribution in [0.5, 0.6) is 0 Å². The molecule has 3 heterocycles. The van der Waals surface area contributed by atoms with Crippen LogP contribution in [0.3, 0.4) is 0 Å². The van der Waals surface area contributed by atoms with Crippen molar-refractivity contribution in [1.29, 1.82) is 0 Å². The Morgan fingerprint density at radius 2 is 1.61 bits per heavy atom. The minimum atomic E-state index is -1.19. The second-order valence-corrected chi connectivity index (χ2v) is 8.61. The molecule has 0 unspecified atom stereocenters. The maximum absolute atomic E-state index is 14.8. The summed E-state index contributed by atoms with van der Waals surface area (Å²) in [6.07, 6.45) is 5.95. The third-order valence-electron chi connectivity index (χ3n) is 5.67. The quantitative estimate of drug-likeness (QED) is 0.224. The maximum atomic E-state index is 14.8. The number of aromatic nitrogens is 3. The molecule has 0 spiro atoms. The van der Waals surface area contributed by atoms with Crippen LogP contribution in [0.25, 0.3) is 22.2 Å². The topological polar surface area (TPSA) is 90.9 Å². The van der Waals surface area contributed by atoms with Crippen molar-refractivity contribution in [3.63, 3.8) is 0 Å². The minimum absolute atomic E-state index is 0.00829. The third-order valence-corrected chi connectivity index (χ3v) is 6.30. The van der Waals surface area contributed by atoms with Crippen molar-refractivity contribution in [2.75, 3.05) is 5.73 Å². The van der Waals surface area contributed by atoms with E-state index in [2.05, 4.69) is 9.97 Å². The Bertz CT molecular complexity index is 1670. The van der Waals surface area contributed by atoms with Gasteiger partial charge in [-0.3, -0.25) is 19.1 Å². The first-order valence-electron chi connectivity index (χ1n) is 10.5. The van der Waals surface area contributed by atoms with Gasteiger partial charge in [0.05, 0.1) is 26.7 Å². The van der Waals surface area contributed by atoms with Crippen molar-refractivity contribution >= 4 is 51.6 Å². The lowest BCUT2D eigenvalue weighted by Crippen LogP contribution is -2.13. The van der Waals surface area contributed by atoms with Gasteiger partial charge in [-0.15, -0.1) is 0 Å². The molecule has 3 aromatic heterocycles. The fourth-order valence-electron chi connectivity index (χ4n) is 3.86. The number of fused-ring (bicyclic) bond motifs is 1. The molecule has 5 aromatic rings. The standard InChI is InChI=1S/C26H14Cl2F2N4O2/c27-18-2-1-3-19(28)21(18)26(36)34-12-17(24(35)15-4-5-20(29)23(31)22(15)30)16-10-14(11-33-25(16)34)13-6-8-32-9-7-13/h1-12H,31H2. The van der Waals surface area contributed by atoms with Crippen molar-refractivity contribution in [3.05, 3.63) is 112 Å². The number of ketones is 1. The van der Waals surface area contributed by atoms with E-state index < -0.39 is 34.6 Å². The van der Waals surface area contributed by atoms with Crippen molar-refractivity contribution in [2.24, 2.45) is 0 Å². The highest BCUT2D eigenvalue weighted by atomic mass is 35.5. The van der Waals surface area contributed by atoms with Gasteiger partial charge in [-0.25, -0.2) is 13.8 Å². The molecule has 178 valence electrons. The number of halogens is 4. The van der Waals surface area contributed by atoms with Crippen LogP contribution in [-0.2, 0) is 0 Å². The number of rotatable bonds is 4. The fraction of sp³-hybridized carbons (Fsp3) is 0. The van der Waals surface area contributed by atoms with Gasteiger partial charge in [0, 0.05) is 35.7 Å². The summed E-state index contributed by atoms with van der Waals surface area (Å²) in [5.74, 6) is -3.64. The van der Waals surface area contributed by atoms with Crippen LogP contribution in [0, 0.1) is 11.6 Å². The molecule has 0 saturated heterocycles. The van der Waals surface area contributed by atoms with Crippen molar-refractivity contribution in [2.45, 2.75) is 0 Å². The van der Waals surface area contributed by atoms with Crippen LogP contribution < -0.4 is 5.73 Å². The average molecular weight is 523 g/mol. The number of pyridine rings is 2. The van der Waals surface area contributed by atoms with E-state index in [1.807, 2.05) is 0 Å². The summed E-state index contributed by atoms with van der Waals surface area (Å²) < 4.78 is 29.6. The molecule has 2 aromatic carbocycles. The molecular weight excluding hydrogens is 509 g/mol. The van der Waals surface area contributed by atoms with Crippen LogP contribution in [-0.4, -0.2) is 26.2 Å². The zero-order valence-electron chi connectivity index (χ0n) is 18.2. The Balaban J connectivity index is 1.76. The Morgan fingerprint density at radius 1 is 0.917 bits per heavy atom. The van der Waals surface area contributed by atoms with E-state index >= 15 is 0 Å². The van der Waals surface area contributed by atoms with Gasteiger partial charge in [-0.1, -0.05) is 29.3 Å². The summed E-state index contributed by atoms with van der Waals surface area (Å²) in [5.41, 5.74) is 5.69. The molecule has 36 heavy (non-hydrogen) atoms. The van der Waals surface area contributed by atoms with Gasteiger partial charge in [0.25, 0.3) is 5.91 Å². The molecule has 0 radical (unpaired) electrons. The van der Waals surface area contributed by atoms with E-state index in [0.29, 0.717) is 5.56 Å². The molecule has 0 bridgehead atoms. The summed E-state index contributed by atoms with van der Waals surface area (Å²) in [6, 6.07) is 11.6. The van der Waals surface area contributed by atoms with Crippen molar-refractivity contribution < 1.29 is 18.4 Å². The van der Waals surface area contributed by atoms with Crippen LogP contribution in [0.1, 0.15) is 26.3 Å². The summed E-state index contributed by atoms with van der Waals surface area (Å²) in [7, 11) is 0.